The average molecular weight is 308 g/mol. The molecule has 2 amide bonds. The quantitative estimate of drug-likeness (QED) is 0.686. The van der Waals surface area contributed by atoms with Crippen molar-refractivity contribution in [2.45, 2.75) is 20.3 Å². The number of aliphatic hydroxyl groups excluding tert-OH is 1. The van der Waals surface area contributed by atoms with E-state index in [2.05, 4.69) is 22.5 Å². The van der Waals surface area contributed by atoms with Gasteiger partial charge in [0.1, 0.15) is 4.88 Å². The lowest BCUT2D eigenvalue weighted by molar-refractivity contribution is -0.120. The zero-order valence-electron chi connectivity index (χ0n) is 12.2. The third-order valence-corrected chi connectivity index (χ3v) is 3.36. The number of hydrogen-bond donors (Lipinski definition) is 3. The molecule has 1 heterocycles. The van der Waals surface area contributed by atoms with Crippen LogP contribution in [0.3, 0.4) is 0 Å². The van der Waals surface area contributed by atoms with Gasteiger partial charge in [-0.05, 0) is 17.4 Å². The summed E-state index contributed by atoms with van der Waals surface area (Å²) < 4.78 is 0. The third kappa shape index (κ3) is 6.43. The number of hydrogen-bond acceptors (Lipinski definition) is 4. The van der Waals surface area contributed by atoms with E-state index in [9.17, 15) is 9.59 Å². The molecule has 1 aromatic heterocycles. The predicted octanol–water partition coefficient (Wildman–Crippen LogP) is 0.984. The Hall–Kier alpha value is -1.84. The molecule has 6 heteroatoms. The number of rotatable bonds is 6. The van der Waals surface area contributed by atoms with Crippen LogP contribution in [0.1, 0.15) is 35.5 Å². The van der Waals surface area contributed by atoms with Gasteiger partial charge in [-0.25, -0.2) is 0 Å². The van der Waals surface area contributed by atoms with Gasteiger partial charge in [0, 0.05) is 18.5 Å². The molecular formula is C15H20N2O3S. The standard InChI is InChI=1S/C15H20N2O3S/c1-11(2)9-16-13(19)10-17-15(20)14-12(6-8-21-14)5-3-4-7-18/h6,8,11,18H,4,7,9-10H2,1-2H3,(H,16,19)(H,17,20). The zero-order chi connectivity index (χ0) is 15.7. The highest BCUT2D eigenvalue weighted by Crippen LogP contribution is 2.15. The first-order valence-electron chi connectivity index (χ1n) is 6.76. The van der Waals surface area contributed by atoms with E-state index >= 15 is 0 Å². The molecule has 114 valence electrons. The second kappa shape index (κ2) is 9.16. The molecule has 0 atom stereocenters. The van der Waals surface area contributed by atoms with E-state index in [1.54, 1.807) is 11.4 Å². The number of aliphatic hydroxyl groups is 1. The lowest BCUT2D eigenvalue weighted by atomic mass is 10.2. The Morgan fingerprint density at radius 2 is 2.14 bits per heavy atom. The maximum absolute atomic E-state index is 12.0. The summed E-state index contributed by atoms with van der Waals surface area (Å²) in [7, 11) is 0. The third-order valence-electron chi connectivity index (χ3n) is 2.45. The minimum absolute atomic E-state index is 0.00527. The van der Waals surface area contributed by atoms with Gasteiger partial charge in [-0.1, -0.05) is 25.7 Å². The first-order chi connectivity index (χ1) is 10.0. The summed E-state index contributed by atoms with van der Waals surface area (Å²) >= 11 is 1.28. The van der Waals surface area contributed by atoms with Crippen molar-refractivity contribution in [3.05, 3.63) is 21.9 Å². The molecule has 1 aromatic rings. The second-order valence-electron chi connectivity index (χ2n) is 4.82. The minimum atomic E-state index is -0.307. The van der Waals surface area contributed by atoms with Crippen molar-refractivity contribution < 1.29 is 14.7 Å². The molecule has 5 nitrogen and oxygen atoms in total. The van der Waals surface area contributed by atoms with E-state index < -0.39 is 0 Å². The molecule has 0 bridgehead atoms. The molecule has 0 spiro atoms. The highest BCUT2D eigenvalue weighted by molar-refractivity contribution is 7.12. The summed E-state index contributed by atoms with van der Waals surface area (Å²) in [5, 5.41) is 15.8. The normalized spacial score (nSPS) is 9.90. The van der Waals surface area contributed by atoms with Crippen LogP contribution in [0.15, 0.2) is 11.4 Å². The summed E-state index contributed by atoms with van der Waals surface area (Å²) in [6.07, 6.45) is 0.370. The maximum atomic E-state index is 12.0. The number of amides is 2. The van der Waals surface area contributed by atoms with Crippen LogP contribution < -0.4 is 10.6 Å². The molecule has 1 rings (SSSR count). The lowest BCUT2D eigenvalue weighted by Gasteiger charge is -2.08. The summed E-state index contributed by atoms with van der Waals surface area (Å²) in [5.74, 6) is 5.48. The van der Waals surface area contributed by atoms with Crippen LogP contribution in [0, 0.1) is 17.8 Å². The van der Waals surface area contributed by atoms with Crippen molar-refractivity contribution in [1.29, 1.82) is 0 Å². The van der Waals surface area contributed by atoms with Gasteiger partial charge < -0.3 is 15.7 Å². The van der Waals surface area contributed by atoms with Gasteiger partial charge >= 0.3 is 0 Å². The lowest BCUT2D eigenvalue weighted by Crippen LogP contribution is -2.38. The fourth-order valence-corrected chi connectivity index (χ4v) is 2.18. The van der Waals surface area contributed by atoms with E-state index in [4.69, 9.17) is 5.11 Å². The first-order valence-corrected chi connectivity index (χ1v) is 7.64. The Morgan fingerprint density at radius 1 is 1.38 bits per heavy atom. The summed E-state index contributed by atoms with van der Waals surface area (Å²) in [5.41, 5.74) is 0.619. The van der Waals surface area contributed by atoms with Crippen molar-refractivity contribution in [2.24, 2.45) is 5.92 Å². The molecule has 0 aliphatic rings. The van der Waals surface area contributed by atoms with Crippen LogP contribution in [0.4, 0.5) is 0 Å². The molecule has 0 unspecified atom stereocenters. The first kappa shape index (κ1) is 17.2. The summed E-state index contributed by atoms with van der Waals surface area (Å²) in [4.78, 5) is 24.0. The molecule has 21 heavy (non-hydrogen) atoms. The largest absolute Gasteiger partial charge is 0.395 e. The van der Waals surface area contributed by atoms with E-state index in [0.717, 1.165) is 0 Å². The van der Waals surface area contributed by atoms with Crippen molar-refractivity contribution in [1.82, 2.24) is 10.6 Å². The molecule has 0 aliphatic heterocycles. The van der Waals surface area contributed by atoms with Crippen molar-refractivity contribution in [2.75, 3.05) is 19.7 Å². The van der Waals surface area contributed by atoms with Crippen LogP contribution in [-0.4, -0.2) is 36.6 Å². The molecule has 3 N–H and O–H groups in total. The highest BCUT2D eigenvalue weighted by Gasteiger charge is 2.13. The Bertz CT molecular complexity index is 541. The van der Waals surface area contributed by atoms with Crippen LogP contribution in [0.2, 0.25) is 0 Å². The Morgan fingerprint density at radius 3 is 2.81 bits per heavy atom. The van der Waals surface area contributed by atoms with Gasteiger partial charge in [0.25, 0.3) is 5.91 Å². The zero-order valence-corrected chi connectivity index (χ0v) is 13.0. The number of nitrogens with one attached hydrogen (secondary N) is 2. The fraction of sp³-hybridized carbons (Fsp3) is 0.467. The SMILES string of the molecule is CC(C)CNC(=O)CNC(=O)c1sccc1C#CCCO. The van der Waals surface area contributed by atoms with E-state index in [-0.39, 0.29) is 25.0 Å². The second-order valence-corrected chi connectivity index (χ2v) is 5.74. The molecule has 0 aromatic carbocycles. The molecular weight excluding hydrogens is 288 g/mol. The van der Waals surface area contributed by atoms with Gasteiger partial charge in [0.15, 0.2) is 0 Å². The smallest absolute Gasteiger partial charge is 0.263 e. The van der Waals surface area contributed by atoms with Crippen molar-refractivity contribution >= 4 is 23.2 Å². The van der Waals surface area contributed by atoms with Gasteiger partial charge in [-0.2, -0.15) is 0 Å². The number of thiophene rings is 1. The Balaban J connectivity index is 2.51. The van der Waals surface area contributed by atoms with Crippen LogP contribution in [0.25, 0.3) is 0 Å². The summed E-state index contributed by atoms with van der Waals surface area (Å²) in [6, 6.07) is 1.75. The predicted molar refractivity (Wildman–Crippen MR) is 83.1 cm³/mol. The molecule has 0 radical (unpaired) electrons. The minimum Gasteiger partial charge on any atom is -0.395 e. The Kier molecular flexibility index (Phi) is 7.51. The topological polar surface area (TPSA) is 78.4 Å². The van der Waals surface area contributed by atoms with Crippen molar-refractivity contribution in [3.63, 3.8) is 0 Å². The van der Waals surface area contributed by atoms with Crippen LogP contribution in [0.5, 0.6) is 0 Å². The number of carbonyl (C=O) groups is 2. The van der Waals surface area contributed by atoms with E-state index in [0.29, 0.717) is 29.3 Å². The van der Waals surface area contributed by atoms with Crippen molar-refractivity contribution in [3.8, 4) is 11.8 Å². The van der Waals surface area contributed by atoms with Gasteiger partial charge in [0.2, 0.25) is 5.91 Å². The van der Waals surface area contributed by atoms with E-state index in [1.165, 1.54) is 11.3 Å². The van der Waals surface area contributed by atoms with Gasteiger partial charge in [0.05, 0.1) is 13.2 Å². The Labute approximate surface area is 128 Å². The van der Waals surface area contributed by atoms with E-state index in [1.807, 2.05) is 13.8 Å². The average Bonchev–Trinajstić information content (AvgIpc) is 2.91. The highest BCUT2D eigenvalue weighted by atomic mass is 32.1. The molecule has 0 saturated heterocycles. The molecule has 0 fully saturated rings. The fourth-order valence-electron chi connectivity index (χ4n) is 1.42. The van der Waals surface area contributed by atoms with Gasteiger partial charge in [-0.3, -0.25) is 9.59 Å². The van der Waals surface area contributed by atoms with Crippen LogP contribution in [-0.2, 0) is 4.79 Å². The monoisotopic (exact) mass is 308 g/mol. The van der Waals surface area contributed by atoms with Gasteiger partial charge in [-0.15, -0.1) is 11.3 Å². The molecule has 0 aliphatic carbocycles. The number of carbonyl (C=O) groups excluding carboxylic acids is 2. The van der Waals surface area contributed by atoms with Crippen LogP contribution >= 0.6 is 11.3 Å². The maximum Gasteiger partial charge on any atom is 0.263 e. The summed E-state index contributed by atoms with van der Waals surface area (Å²) in [6.45, 7) is 4.54. The molecule has 0 saturated carbocycles.